The summed E-state index contributed by atoms with van der Waals surface area (Å²) in [5, 5.41) is 39.3. The standard InChI is InChI=1S/C21H33N5O10/c1-4-9(2)16-21(36)24-12(7-15(30)31)19(34)22-10(3)17(32)23-11(5-6-14(28)29)18(33)25-13(8-27)20(35)26-16/h9-13,16,27H,4-8H2,1-3H3,(H,22,34)(H,23,32)(H,24,36)(H,25,33)(H,26,35)(H,28,29)(H,30,31)/t9-,10-,11-,12-,13-,16-/m0/s1. The van der Waals surface area contributed by atoms with Gasteiger partial charge in [0.2, 0.25) is 29.5 Å². The van der Waals surface area contributed by atoms with Gasteiger partial charge in [-0.15, -0.1) is 0 Å². The van der Waals surface area contributed by atoms with Gasteiger partial charge in [0.25, 0.3) is 0 Å². The third-order valence-corrected chi connectivity index (χ3v) is 5.65. The van der Waals surface area contributed by atoms with Crippen molar-refractivity contribution in [3.8, 4) is 0 Å². The molecule has 36 heavy (non-hydrogen) atoms. The highest BCUT2D eigenvalue weighted by molar-refractivity contribution is 5.98. The second-order valence-electron chi connectivity index (χ2n) is 8.50. The number of carbonyl (C=O) groups is 7. The van der Waals surface area contributed by atoms with E-state index in [1.807, 2.05) is 0 Å². The Hall–Kier alpha value is -3.75. The van der Waals surface area contributed by atoms with Gasteiger partial charge in [-0.3, -0.25) is 33.6 Å². The maximum Gasteiger partial charge on any atom is 0.305 e. The number of carbonyl (C=O) groups excluding carboxylic acids is 5. The lowest BCUT2D eigenvalue weighted by Crippen LogP contribution is -2.60. The van der Waals surface area contributed by atoms with Gasteiger partial charge >= 0.3 is 11.9 Å². The third kappa shape index (κ3) is 9.13. The molecule has 0 spiro atoms. The summed E-state index contributed by atoms with van der Waals surface area (Å²) in [5.74, 6) is -7.91. The topological polar surface area (TPSA) is 240 Å². The Morgan fingerprint density at radius 1 is 0.778 bits per heavy atom. The van der Waals surface area contributed by atoms with Crippen LogP contribution in [0.4, 0.5) is 0 Å². The van der Waals surface area contributed by atoms with Crippen molar-refractivity contribution >= 4 is 41.5 Å². The van der Waals surface area contributed by atoms with Crippen LogP contribution in [0, 0.1) is 5.92 Å². The van der Waals surface area contributed by atoms with Crippen LogP contribution in [-0.4, -0.2) is 93.6 Å². The average molecular weight is 516 g/mol. The van der Waals surface area contributed by atoms with Gasteiger partial charge in [-0.2, -0.15) is 0 Å². The summed E-state index contributed by atoms with van der Waals surface area (Å²) in [4.78, 5) is 86.1. The number of carboxylic acid groups (broad SMARTS) is 2. The Bertz CT molecular complexity index is 879. The number of amides is 5. The first-order valence-electron chi connectivity index (χ1n) is 11.4. The molecule has 0 aromatic rings. The minimum absolute atomic E-state index is 0.371. The molecule has 1 heterocycles. The van der Waals surface area contributed by atoms with E-state index in [-0.39, 0.29) is 6.42 Å². The number of nitrogens with one attached hydrogen (secondary N) is 5. The van der Waals surface area contributed by atoms with E-state index in [0.29, 0.717) is 6.42 Å². The molecule has 8 N–H and O–H groups in total. The first-order valence-corrected chi connectivity index (χ1v) is 11.4. The molecular formula is C21H33N5O10. The van der Waals surface area contributed by atoms with Crippen LogP contribution in [-0.2, 0) is 33.6 Å². The second-order valence-corrected chi connectivity index (χ2v) is 8.50. The molecule has 1 rings (SSSR count). The van der Waals surface area contributed by atoms with E-state index >= 15 is 0 Å². The van der Waals surface area contributed by atoms with E-state index in [0.717, 1.165) is 0 Å². The molecule has 0 aliphatic carbocycles. The van der Waals surface area contributed by atoms with Crippen LogP contribution in [0.25, 0.3) is 0 Å². The molecule has 0 aromatic carbocycles. The molecule has 15 heteroatoms. The smallest absolute Gasteiger partial charge is 0.305 e. The predicted molar refractivity (Wildman–Crippen MR) is 121 cm³/mol. The number of hydrogen-bond acceptors (Lipinski definition) is 8. The number of aliphatic carboxylic acids is 2. The van der Waals surface area contributed by atoms with Crippen LogP contribution in [0.5, 0.6) is 0 Å². The molecule has 0 bridgehead atoms. The van der Waals surface area contributed by atoms with Gasteiger partial charge in [-0.25, -0.2) is 0 Å². The quantitative estimate of drug-likeness (QED) is 0.161. The Balaban J connectivity index is 3.44. The highest BCUT2D eigenvalue weighted by Gasteiger charge is 2.35. The Kier molecular flexibility index (Phi) is 11.7. The molecule has 15 nitrogen and oxygen atoms in total. The van der Waals surface area contributed by atoms with Crippen molar-refractivity contribution in [2.24, 2.45) is 5.92 Å². The lowest BCUT2D eigenvalue weighted by molar-refractivity contribution is -0.141. The number of aliphatic hydroxyl groups excluding tert-OH is 1. The zero-order chi connectivity index (χ0) is 27.6. The van der Waals surface area contributed by atoms with E-state index in [1.54, 1.807) is 13.8 Å². The van der Waals surface area contributed by atoms with Crippen LogP contribution in [0.3, 0.4) is 0 Å². The summed E-state index contributed by atoms with van der Waals surface area (Å²) in [7, 11) is 0. The molecule has 1 aliphatic rings. The summed E-state index contributed by atoms with van der Waals surface area (Å²) in [5.41, 5.74) is 0. The van der Waals surface area contributed by atoms with Crippen LogP contribution in [0.2, 0.25) is 0 Å². The van der Waals surface area contributed by atoms with E-state index in [9.17, 15) is 43.8 Å². The van der Waals surface area contributed by atoms with Gasteiger partial charge in [0, 0.05) is 6.42 Å². The SMILES string of the molecule is CC[C@H](C)[C@@H]1NC(=O)[C@H](CO)NC(=O)[C@H](CCC(=O)O)NC(=O)[C@H](C)NC(=O)[C@H](CC(=O)O)NC1=O. The van der Waals surface area contributed by atoms with Crippen LogP contribution in [0.15, 0.2) is 0 Å². The predicted octanol–water partition coefficient (Wildman–Crippen LogP) is -3.18. The molecule has 1 fully saturated rings. The zero-order valence-electron chi connectivity index (χ0n) is 20.2. The van der Waals surface area contributed by atoms with E-state index in [4.69, 9.17) is 5.11 Å². The highest BCUT2D eigenvalue weighted by atomic mass is 16.4. The summed E-state index contributed by atoms with van der Waals surface area (Å²) >= 11 is 0. The molecule has 0 aromatic heterocycles. The average Bonchev–Trinajstić information content (AvgIpc) is 2.80. The fourth-order valence-electron chi connectivity index (χ4n) is 3.28. The van der Waals surface area contributed by atoms with E-state index < -0.39 is 97.1 Å². The van der Waals surface area contributed by atoms with Gasteiger partial charge < -0.3 is 41.9 Å². The molecule has 0 radical (unpaired) electrons. The van der Waals surface area contributed by atoms with Crippen molar-refractivity contribution in [3.63, 3.8) is 0 Å². The van der Waals surface area contributed by atoms with Gasteiger partial charge in [0.15, 0.2) is 0 Å². The summed E-state index contributed by atoms with van der Waals surface area (Å²) in [6.07, 6.45) is -1.33. The van der Waals surface area contributed by atoms with Crippen molar-refractivity contribution in [1.29, 1.82) is 0 Å². The van der Waals surface area contributed by atoms with Gasteiger partial charge in [-0.05, 0) is 19.3 Å². The lowest BCUT2D eigenvalue weighted by atomic mass is 9.97. The maximum absolute atomic E-state index is 13.0. The number of carboxylic acids is 2. The lowest BCUT2D eigenvalue weighted by Gasteiger charge is -2.27. The molecule has 0 saturated carbocycles. The van der Waals surface area contributed by atoms with Crippen molar-refractivity contribution in [2.45, 2.75) is 76.7 Å². The van der Waals surface area contributed by atoms with Crippen LogP contribution < -0.4 is 26.6 Å². The fourth-order valence-corrected chi connectivity index (χ4v) is 3.28. The molecule has 6 atom stereocenters. The van der Waals surface area contributed by atoms with E-state index in [1.165, 1.54) is 6.92 Å². The van der Waals surface area contributed by atoms with E-state index in [2.05, 4.69) is 26.6 Å². The molecule has 0 unspecified atom stereocenters. The Morgan fingerprint density at radius 2 is 1.31 bits per heavy atom. The largest absolute Gasteiger partial charge is 0.481 e. The third-order valence-electron chi connectivity index (χ3n) is 5.65. The maximum atomic E-state index is 13.0. The Morgan fingerprint density at radius 3 is 1.83 bits per heavy atom. The van der Waals surface area contributed by atoms with Crippen molar-refractivity contribution in [3.05, 3.63) is 0 Å². The Labute approximate surface area is 206 Å². The minimum atomic E-state index is -1.60. The zero-order valence-corrected chi connectivity index (χ0v) is 20.2. The van der Waals surface area contributed by atoms with Crippen molar-refractivity contribution in [1.82, 2.24) is 26.6 Å². The first kappa shape index (κ1) is 30.3. The van der Waals surface area contributed by atoms with Gasteiger partial charge in [0.05, 0.1) is 13.0 Å². The van der Waals surface area contributed by atoms with Crippen molar-refractivity contribution < 1.29 is 48.9 Å². The minimum Gasteiger partial charge on any atom is -0.481 e. The molecular weight excluding hydrogens is 482 g/mol. The summed E-state index contributed by atoms with van der Waals surface area (Å²) in [6, 6.07) is -7.18. The summed E-state index contributed by atoms with van der Waals surface area (Å²) < 4.78 is 0. The fraction of sp³-hybridized carbons (Fsp3) is 0.667. The number of rotatable bonds is 8. The van der Waals surface area contributed by atoms with Crippen LogP contribution in [0.1, 0.15) is 46.5 Å². The van der Waals surface area contributed by atoms with Gasteiger partial charge in [-0.1, -0.05) is 20.3 Å². The number of hydrogen-bond donors (Lipinski definition) is 8. The highest BCUT2D eigenvalue weighted by Crippen LogP contribution is 2.10. The molecule has 1 aliphatic heterocycles. The monoisotopic (exact) mass is 515 g/mol. The van der Waals surface area contributed by atoms with Crippen LogP contribution >= 0.6 is 0 Å². The number of aliphatic hydroxyl groups is 1. The first-order chi connectivity index (χ1) is 16.8. The molecule has 202 valence electrons. The second kappa shape index (κ2) is 14.0. The summed E-state index contributed by atoms with van der Waals surface area (Å²) in [6.45, 7) is 3.69. The van der Waals surface area contributed by atoms with Crippen molar-refractivity contribution in [2.75, 3.05) is 6.61 Å². The molecule has 5 amide bonds. The normalized spacial score (nSPS) is 27.2. The van der Waals surface area contributed by atoms with Gasteiger partial charge in [0.1, 0.15) is 30.2 Å². The molecule has 1 saturated heterocycles.